The van der Waals surface area contributed by atoms with Crippen LogP contribution in [0.5, 0.6) is 0 Å². The van der Waals surface area contributed by atoms with Crippen molar-refractivity contribution in [1.82, 2.24) is 18.9 Å². The monoisotopic (exact) mass is 336 g/mol. The number of imidazole rings is 2. The first-order valence-electron chi connectivity index (χ1n) is 8.46. The number of aryl methyl sites for hydroxylation is 1. The minimum absolute atomic E-state index is 0.167. The van der Waals surface area contributed by atoms with Gasteiger partial charge < -0.3 is 14.6 Å². The summed E-state index contributed by atoms with van der Waals surface area (Å²) >= 11 is 0. The van der Waals surface area contributed by atoms with Crippen molar-refractivity contribution in [2.24, 2.45) is 13.0 Å². The highest BCUT2D eigenvalue weighted by molar-refractivity contribution is 5.60. The second-order valence-corrected chi connectivity index (χ2v) is 6.49. The topological polar surface area (TPSA) is 82.4 Å². The summed E-state index contributed by atoms with van der Waals surface area (Å²) in [6.07, 6.45) is 6.55. The van der Waals surface area contributed by atoms with Crippen LogP contribution in [0.2, 0.25) is 0 Å². The Bertz CT molecular complexity index is 929. The molecule has 4 heterocycles. The van der Waals surface area contributed by atoms with E-state index in [1.165, 1.54) is 0 Å². The number of hydrogen-bond donors (Lipinski definition) is 1. The van der Waals surface area contributed by atoms with Crippen molar-refractivity contribution < 1.29 is 5.11 Å². The Morgan fingerprint density at radius 1 is 1.28 bits per heavy atom. The average Bonchev–Trinajstić information content (AvgIpc) is 3.24. The van der Waals surface area contributed by atoms with E-state index in [0.29, 0.717) is 11.5 Å². The molecule has 7 nitrogen and oxygen atoms in total. The predicted molar refractivity (Wildman–Crippen MR) is 93.0 cm³/mol. The van der Waals surface area contributed by atoms with E-state index in [0.717, 1.165) is 37.4 Å². The summed E-state index contributed by atoms with van der Waals surface area (Å²) in [5.74, 6) is 1.61. The van der Waals surface area contributed by atoms with Crippen molar-refractivity contribution in [3.05, 3.63) is 48.3 Å². The molecule has 0 aliphatic carbocycles. The third-order valence-electron chi connectivity index (χ3n) is 5.03. The first-order chi connectivity index (χ1) is 12.2. The maximum absolute atomic E-state index is 10.6. The van der Waals surface area contributed by atoms with Gasteiger partial charge >= 0.3 is 0 Å². The van der Waals surface area contributed by atoms with Gasteiger partial charge in [-0.2, -0.15) is 5.26 Å². The highest BCUT2D eigenvalue weighted by Gasteiger charge is 2.30. The number of fused-ring (bicyclic) bond motifs is 1. The van der Waals surface area contributed by atoms with Gasteiger partial charge in [0.1, 0.15) is 23.6 Å². The van der Waals surface area contributed by atoms with Crippen molar-refractivity contribution in [3.8, 4) is 6.07 Å². The quantitative estimate of drug-likeness (QED) is 0.790. The number of rotatable bonds is 3. The Labute approximate surface area is 145 Å². The molecule has 0 saturated carbocycles. The van der Waals surface area contributed by atoms with Crippen LogP contribution in [0.25, 0.3) is 5.65 Å². The fourth-order valence-corrected chi connectivity index (χ4v) is 3.61. The number of anilines is 1. The van der Waals surface area contributed by atoms with Crippen molar-refractivity contribution in [3.63, 3.8) is 0 Å². The summed E-state index contributed by atoms with van der Waals surface area (Å²) in [5.41, 5.74) is 1.35. The molecular weight excluding hydrogens is 316 g/mol. The van der Waals surface area contributed by atoms with Gasteiger partial charge in [0.25, 0.3) is 0 Å². The van der Waals surface area contributed by atoms with Crippen LogP contribution in [0, 0.1) is 17.2 Å². The molecule has 0 radical (unpaired) electrons. The Balaban J connectivity index is 1.53. The zero-order valence-corrected chi connectivity index (χ0v) is 14.1. The van der Waals surface area contributed by atoms with Gasteiger partial charge in [0.2, 0.25) is 0 Å². The van der Waals surface area contributed by atoms with Gasteiger partial charge in [0.15, 0.2) is 11.5 Å². The van der Waals surface area contributed by atoms with Crippen LogP contribution in [0.15, 0.2) is 36.8 Å². The summed E-state index contributed by atoms with van der Waals surface area (Å²) in [5, 5.41) is 20.2. The molecule has 0 bridgehead atoms. The van der Waals surface area contributed by atoms with E-state index in [9.17, 15) is 10.4 Å². The first-order valence-corrected chi connectivity index (χ1v) is 8.46. The molecule has 1 N–H and O–H groups in total. The lowest BCUT2D eigenvalue weighted by atomic mass is 9.90. The van der Waals surface area contributed by atoms with Gasteiger partial charge in [0, 0.05) is 38.7 Å². The highest BCUT2D eigenvalue weighted by Crippen LogP contribution is 2.32. The predicted octanol–water partition coefficient (Wildman–Crippen LogP) is 1.89. The van der Waals surface area contributed by atoms with Gasteiger partial charge in [-0.25, -0.2) is 9.97 Å². The summed E-state index contributed by atoms with van der Waals surface area (Å²) in [6, 6.07) is 8.00. The molecule has 0 unspecified atom stereocenters. The van der Waals surface area contributed by atoms with Crippen molar-refractivity contribution >= 4 is 11.5 Å². The lowest BCUT2D eigenvalue weighted by Gasteiger charge is -2.34. The number of aliphatic hydroxyl groups excluding tert-OH is 1. The molecule has 3 aromatic heterocycles. The van der Waals surface area contributed by atoms with E-state index < -0.39 is 6.10 Å². The van der Waals surface area contributed by atoms with Crippen LogP contribution in [-0.4, -0.2) is 37.1 Å². The molecule has 25 heavy (non-hydrogen) atoms. The number of aromatic nitrogens is 4. The fourth-order valence-electron chi connectivity index (χ4n) is 3.61. The zero-order valence-electron chi connectivity index (χ0n) is 14.1. The molecule has 0 aromatic carbocycles. The largest absolute Gasteiger partial charge is 0.385 e. The van der Waals surface area contributed by atoms with Gasteiger partial charge in [-0.3, -0.25) is 4.40 Å². The Kier molecular flexibility index (Phi) is 3.90. The van der Waals surface area contributed by atoms with Crippen LogP contribution in [0.1, 0.15) is 30.5 Å². The first kappa shape index (κ1) is 15.7. The van der Waals surface area contributed by atoms with E-state index in [4.69, 9.17) is 0 Å². The third-order valence-corrected chi connectivity index (χ3v) is 5.03. The summed E-state index contributed by atoms with van der Waals surface area (Å²) in [7, 11) is 1.90. The second kappa shape index (κ2) is 6.22. The molecule has 7 heteroatoms. The van der Waals surface area contributed by atoms with Crippen LogP contribution in [0.3, 0.4) is 0 Å². The minimum atomic E-state index is -0.557. The summed E-state index contributed by atoms with van der Waals surface area (Å²) in [6.45, 7) is 1.54. The van der Waals surface area contributed by atoms with Crippen LogP contribution < -0.4 is 4.90 Å². The second-order valence-electron chi connectivity index (χ2n) is 6.49. The lowest BCUT2D eigenvalue weighted by Crippen LogP contribution is -2.36. The van der Waals surface area contributed by atoms with E-state index in [2.05, 4.69) is 20.9 Å². The third kappa shape index (κ3) is 2.65. The minimum Gasteiger partial charge on any atom is -0.385 e. The van der Waals surface area contributed by atoms with Gasteiger partial charge in [-0.05, 0) is 30.9 Å². The van der Waals surface area contributed by atoms with E-state index in [-0.39, 0.29) is 5.92 Å². The van der Waals surface area contributed by atoms with Crippen LogP contribution in [-0.2, 0) is 7.05 Å². The Morgan fingerprint density at radius 2 is 2.08 bits per heavy atom. The van der Waals surface area contributed by atoms with Crippen molar-refractivity contribution in [2.75, 3.05) is 18.0 Å². The molecule has 1 aliphatic rings. The average molecular weight is 336 g/mol. The standard InChI is InChI=1S/C18H20N6O/c1-22-11-7-20-18(22)16(25)13-5-9-23(10-6-13)17-14(12-19)24-8-3-2-4-15(24)21-17/h2-4,7-8,11,13,16,25H,5-6,9-10H2,1H3/t16-/m1/s1. The number of nitrogens with zero attached hydrogens (tertiary/aromatic N) is 6. The normalized spacial score (nSPS) is 16.9. The Hall–Kier alpha value is -2.85. The molecule has 0 spiro atoms. The maximum Gasteiger partial charge on any atom is 0.169 e. The van der Waals surface area contributed by atoms with Crippen LogP contribution in [0.4, 0.5) is 5.82 Å². The molecule has 128 valence electrons. The number of hydrogen-bond acceptors (Lipinski definition) is 5. The smallest absolute Gasteiger partial charge is 0.169 e. The van der Waals surface area contributed by atoms with E-state index in [1.54, 1.807) is 6.20 Å². The zero-order chi connectivity index (χ0) is 17.4. The van der Waals surface area contributed by atoms with Crippen molar-refractivity contribution in [2.45, 2.75) is 18.9 Å². The maximum atomic E-state index is 10.6. The molecule has 0 amide bonds. The summed E-state index contributed by atoms with van der Waals surface area (Å²) in [4.78, 5) is 11.0. The lowest BCUT2D eigenvalue weighted by molar-refractivity contribution is 0.0824. The SMILES string of the molecule is Cn1ccnc1[C@H](O)C1CCN(c2nc3ccccn3c2C#N)CC1. The number of nitriles is 1. The van der Waals surface area contributed by atoms with Gasteiger partial charge in [-0.15, -0.1) is 0 Å². The molecule has 1 atom stereocenters. The molecular formula is C18H20N6O. The van der Waals surface area contributed by atoms with E-state index >= 15 is 0 Å². The number of piperidine rings is 1. The molecule has 4 rings (SSSR count). The fraction of sp³-hybridized carbons (Fsp3) is 0.389. The number of aliphatic hydroxyl groups is 1. The number of pyridine rings is 1. The van der Waals surface area contributed by atoms with Crippen molar-refractivity contribution in [1.29, 1.82) is 5.26 Å². The Morgan fingerprint density at radius 3 is 2.76 bits per heavy atom. The molecule has 1 fully saturated rings. The molecule has 1 aliphatic heterocycles. The van der Waals surface area contributed by atoms with Crippen LogP contribution >= 0.6 is 0 Å². The highest BCUT2D eigenvalue weighted by atomic mass is 16.3. The molecule has 3 aromatic rings. The summed E-state index contributed by atoms with van der Waals surface area (Å²) < 4.78 is 3.69. The van der Waals surface area contributed by atoms with E-state index in [1.807, 2.05) is 46.6 Å². The van der Waals surface area contributed by atoms with Gasteiger partial charge in [-0.1, -0.05) is 6.07 Å². The molecule has 1 saturated heterocycles. The van der Waals surface area contributed by atoms with Gasteiger partial charge in [0.05, 0.1) is 0 Å².